The molecule has 1 atom stereocenters. The van der Waals surface area contributed by atoms with Crippen LogP contribution >= 0.6 is 0 Å². The molecule has 0 aliphatic rings. The largest absolute Gasteiger partial charge is 0.335 e. The highest BCUT2D eigenvalue weighted by molar-refractivity contribution is 5.81. The van der Waals surface area contributed by atoms with Crippen molar-refractivity contribution in [2.24, 2.45) is 5.73 Å². The molecule has 2 N–H and O–H groups in total. The van der Waals surface area contributed by atoms with Crippen LogP contribution in [0.5, 0.6) is 0 Å². The van der Waals surface area contributed by atoms with Gasteiger partial charge in [0, 0.05) is 12.6 Å². The minimum absolute atomic E-state index is 0.0337. The Morgan fingerprint density at radius 3 is 2.35 bits per heavy atom. The second-order valence-corrected chi connectivity index (χ2v) is 4.56. The van der Waals surface area contributed by atoms with Crippen LogP contribution in [0.1, 0.15) is 32.8 Å². The van der Waals surface area contributed by atoms with Crippen LogP contribution in [0.3, 0.4) is 0 Å². The van der Waals surface area contributed by atoms with Gasteiger partial charge in [0.2, 0.25) is 5.91 Å². The number of benzene rings is 1. The highest BCUT2D eigenvalue weighted by Crippen LogP contribution is 2.10. The summed E-state index contributed by atoms with van der Waals surface area (Å²) in [6.07, 6.45) is 0.677. The Bertz CT molecular complexity index is 348. The Labute approximate surface area is 104 Å². The summed E-state index contributed by atoms with van der Waals surface area (Å²) in [5.74, 6) is 0.0337. The predicted molar refractivity (Wildman–Crippen MR) is 70.4 cm³/mol. The Balaban J connectivity index is 2.77. The van der Waals surface area contributed by atoms with Gasteiger partial charge in [-0.2, -0.15) is 0 Å². The minimum atomic E-state index is -0.388. The van der Waals surface area contributed by atoms with E-state index in [1.54, 1.807) is 0 Å². The van der Waals surface area contributed by atoms with Crippen molar-refractivity contribution in [1.29, 1.82) is 0 Å². The van der Waals surface area contributed by atoms with Gasteiger partial charge in [0.05, 0.1) is 6.04 Å². The lowest BCUT2D eigenvalue weighted by atomic mass is 10.1. The molecule has 3 heteroatoms. The van der Waals surface area contributed by atoms with Crippen molar-refractivity contribution in [3.05, 3.63) is 35.9 Å². The fraction of sp³-hybridized carbons (Fsp3) is 0.500. The van der Waals surface area contributed by atoms with E-state index in [2.05, 4.69) is 0 Å². The third-order valence-corrected chi connectivity index (χ3v) is 2.86. The number of rotatable bonds is 5. The molecule has 0 saturated heterocycles. The molecule has 0 spiro atoms. The molecule has 0 radical (unpaired) electrons. The summed E-state index contributed by atoms with van der Waals surface area (Å²) in [7, 11) is 0. The molecule has 3 nitrogen and oxygen atoms in total. The number of nitrogens with two attached hydrogens (primary N) is 1. The summed E-state index contributed by atoms with van der Waals surface area (Å²) in [5.41, 5.74) is 6.95. The van der Waals surface area contributed by atoms with Gasteiger partial charge in [0.15, 0.2) is 0 Å². The second-order valence-electron chi connectivity index (χ2n) is 4.56. The third-order valence-electron chi connectivity index (χ3n) is 2.86. The molecule has 0 unspecified atom stereocenters. The van der Waals surface area contributed by atoms with E-state index in [0.29, 0.717) is 13.0 Å². The molecule has 0 bridgehead atoms. The molecule has 94 valence electrons. The fourth-order valence-corrected chi connectivity index (χ4v) is 1.68. The van der Waals surface area contributed by atoms with Gasteiger partial charge in [-0.25, -0.2) is 0 Å². The summed E-state index contributed by atoms with van der Waals surface area (Å²) >= 11 is 0. The number of carbonyl (C=O) groups is 1. The molecule has 0 heterocycles. The first-order valence-electron chi connectivity index (χ1n) is 6.16. The highest BCUT2D eigenvalue weighted by atomic mass is 16.2. The first-order chi connectivity index (χ1) is 8.06. The van der Waals surface area contributed by atoms with Crippen molar-refractivity contribution in [3.8, 4) is 0 Å². The molecular formula is C14H22N2O. The highest BCUT2D eigenvalue weighted by Gasteiger charge is 2.21. The average molecular weight is 234 g/mol. The maximum atomic E-state index is 12.1. The minimum Gasteiger partial charge on any atom is -0.335 e. The van der Waals surface area contributed by atoms with Crippen LogP contribution in [0.25, 0.3) is 0 Å². The molecule has 0 aliphatic heterocycles. The Kier molecular flexibility index (Phi) is 5.16. The lowest BCUT2D eigenvalue weighted by molar-refractivity contribution is -0.135. The molecule has 0 aromatic heterocycles. The van der Waals surface area contributed by atoms with Crippen LogP contribution in [0.4, 0.5) is 0 Å². The van der Waals surface area contributed by atoms with Gasteiger partial charge in [0.25, 0.3) is 0 Å². The van der Waals surface area contributed by atoms with E-state index >= 15 is 0 Å². The van der Waals surface area contributed by atoms with Crippen molar-refractivity contribution in [1.82, 2.24) is 4.90 Å². The van der Waals surface area contributed by atoms with E-state index in [1.165, 1.54) is 0 Å². The summed E-state index contributed by atoms with van der Waals surface area (Å²) in [4.78, 5) is 14.0. The van der Waals surface area contributed by atoms with Gasteiger partial charge in [-0.3, -0.25) is 4.79 Å². The van der Waals surface area contributed by atoms with Crippen molar-refractivity contribution in [2.75, 3.05) is 0 Å². The summed E-state index contributed by atoms with van der Waals surface area (Å²) < 4.78 is 0. The van der Waals surface area contributed by atoms with E-state index < -0.39 is 0 Å². The van der Waals surface area contributed by atoms with Crippen molar-refractivity contribution in [2.45, 2.75) is 45.8 Å². The van der Waals surface area contributed by atoms with Crippen LogP contribution in [-0.2, 0) is 11.3 Å². The third kappa shape index (κ3) is 3.86. The van der Waals surface area contributed by atoms with E-state index in [-0.39, 0.29) is 18.0 Å². The molecule has 0 saturated carbocycles. The first kappa shape index (κ1) is 13.7. The van der Waals surface area contributed by atoms with Gasteiger partial charge in [-0.1, -0.05) is 37.3 Å². The van der Waals surface area contributed by atoms with Gasteiger partial charge in [-0.05, 0) is 25.8 Å². The van der Waals surface area contributed by atoms with Crippen molar-refractivity contribution >= 4 is 5.91 Å². The summed E-state index contributed by atoms with van der Waals surface area (Å²) in [6.45, 7) is 6.60. The zero-order chi connectivity index (χ0) is 12.8. The van der Waals surface area contributed by atoms with E-state index in [0.717, 1.165) is 5.56 Å². The van der Waals surface area contributed by atoms with Crippen LogP contribution in [0.2, 0.25) is 0 Å². The summed E-state index contributed by atoms with van der Waals surface area (Å²) in [6, 6.07) is 9.78. The van der Waals surface area contributed by atoms with Gasteiger partial charge < -0.3 is 10.6 Å². The van der Waals surface area contributed by atoms with Crippen LogP contribution in [-0.4, -0.2) is 22.9 Å². The standard InChI is InChI=1S/C14H22N2O/c1-4-13(15)14(17)16(11(2)3)10-12-8-6-5-7-9-12/h5-9,11,13H,4,10,15H2,1-3H3/t13-/m0/s1. The average Bonchev–Trinajstić information content (AvgIpc) is 2.35. The molecule has 17 heavy (non-hydrogen) atoms. The van der Waals surface area contributed by atoms with Crippen molar-refractivity contribution in [3.63, 3.8) is 0 Å². The molecule has 1 rings (SSSR count). The second kappa shape index (κ2) is 6.40. The molecular weight excluding hydrogens is 212 g/mol. The SMILES string of the molecule is CC[C@H](N)C(=O)N(Cc1ccccc1)C(C)C. The summed E-state index contributed by atoms with van der Waals surface area (Å²) in [5, 5.41) is 0. The van der Waals surface area contributed by atoms with E-state index in [1.807, 2.05) is 56.0 Å². The lowest BCUT2D eigenvalue weighted by Gasteiger charge is -2.29. The molecule has 1 amide bonds. The Hall–Kier alpha value is -1.35. The fourth-order valence-electron chi connectivity index (χ4n) is 1.68. The van der Waals surface area contributed by atoms with Crippen LogP contribution < -0.4 is 5.73 Å². The number of hydrogen-bond donors (Lipinski definition) is 1. The number of amides is 1. The normalized spacial score (nSPS) is 12.5. The smallest absolute Gasteiger partial charge is 0.240 e. The maximum absolute atomic E-state index is 12.1. The molecule has 1 aromatic carbocycles. The lowest BCUT2D eigenvalue weighted by Crippen LogP contribution is -2.46. The predicted octanol–water partition coefficient (Wildman–Crippen LogP) is 2.16. The first-order valence-corrected chi connectivity index (χ1v) is 6.16. The Morgan fingerprint density at radius 1 is 1.29 bits per heavy atom. The van der Waals surface area contributed by atoms with E-state index in [4.69, 9.17) is 5.73 Å². The number of carbonyl (C=O) groups excluding carboxylic acids is 1. The maximum Gasteiger partial charge on any atom is 0.240 e. The molecule has 1 aromatic rings. The van der Waals surface area contributed by atoms with Crippen molar-refractivity contribution < 1.29 is 4.79 Å². The van der Waals surface area contributed by atoms with E-state index in [9.17, 15) is 4.79 Å². The zero-order valence-electron chi connectivity index (χ0n) is 10.9. The van der Waals surface area contributed by atoms with Gasteiger partial charge >= 0.3 is 0 Å². The monoisotopic (exact) mass is 234 g/mol. The van der Waals surface area contributed by atoms with Crippen LogP contribution in [0.15, 0.2) is 30.3 Å². The molecule has 0 aliphatic carbocycles. The number of nitrogens with zero attached hydrogens (tertiary/aromatic N) is 1. The molecule has 0 fully saturated rings. The zero-order valence-corrected chi connectivity index (χ0v) is 10.9. The number of hydrogen-bond acceptors (Lipinski definition) is 2. The van der Waals surface area contributed by atoms with Gasteiger partial charge in [0.1, 0.15) is 0 Å². The van der Waals surface area contributed by atoms with Gasteiger partial charge in [-0.15, -0.1) is 0 Å². The Morgan fingerprint density at radius 2 is 1.88 bits per heavy atom. The quantitative estimate of drug-likeness (QED) is 0.848. The van der Waals surface area contributed by atoms with Crippen LogP contribution in [0, 0.1) is 0 Å². The topological polar surface area (TPSA) is 46.3 Å².